The van der Waals surface area contributed by atoms with Crippen molar-refractivity contribution in [2.24, 2.45) is 5.92 Å². The number of rotatable bonds is 7. The average Bonchev–Trinajstić information content (AvgIpc) is 2.76. The fourth-order valence-electron chi connectivity index (χ4n) is 2.60. The molecule has 3 heteroatoms. The molecule has 0 radical (unpaired) electrons. The summed E-state index contributed by atoms with van der Waals surface area (Å²) in [5.74, 6) is -0.0122. The highest BCUT2D eigenvalue weighted by molar-refractivity contribution is 5.73. The van der Waals surface area contributed by atoms with Gasteiger partial charge in [0.1, 0.15) is 6.04 Å². The Hall–Kier alpha value is -0.570. The number of unbranched alkanes of at least 4 members (excludes halogenated alkanes) is 1. The van der Waals surface area contributed by atoms with Crippen molar-refractivity contribution in [2.75, 3.05) is 0 Å². The van der Waals surface area contributed by atoms with Crippen molar-refractivity contribution in [1.82, 2.24) is 5.32 Å². The molecule has 1 aliphatic rings. The SMILES string of the molecule is CCCCC(NC(C)C1CCCC1)C(=O)O. The van der Waals surface area contributed by atoms with Crippen LogP contribution in [0, 0.1) is 5.92 Å². The van der Waals surface area contributed by atoms with Gasteiger partial charge in [0.2, 0.25) is 0 Å². The van der Waals surface area contributed by atoms with Crippen LogP contribution in [0.3, 0.4) is 0 Å². The van der Waals surface area contributed by atoms with Crippen LogP contribution < -0.4 is 5.32 Å². The van der Waals surface area contributed by atoms with Crippen LogP contribution in [-0.2, 0) is 4.79 Å². The lowest BCUT2D eigenvalue weighted by Crippen LogP contribution is -2.44. The zero-order chi connectivity index (χ0) is 12.0. The highest BCUT2D eigenvalue weighted by Gasteiger charge is 2.25. The molecule has 0 aromatic heterocycles. The van der Waals surface area contributed by atoms with Gasteiger partial charge < -0.3 is 10.4 Å². The molecule has 1 fully saturated rings. The van der Waals surface area contributed by atoms with E-state index in [1.807, 2.05) is 0 Å². The molecule has 0 bridgehead atoms. The van der Waals surface area contributed by atoms with E-state index >= 15 is 0 Å². The van der Waals surface area contributed by atoms with Crippen LogP contribution in [0.5, 0.6) is 0 Å². The van der Waals surface area contributed by atoms with Crippen molar-refractivity contribution in [2.45, 2.75) is 70.9 Å². The van der Waals surface area contributed by atoms with E-state index in [1.54, 1.807) is 0 Å². The normalized spacial score (nSPS) is 20.9. The molecule has 1 aliphatic carbocycles. The topological polar surface area (TPSA) is 49.3 Å². The van der Waals surface area contributed by atoms with Crippen LogP contribution in [0.4, 0.5) is 0 Å². The lowest BCUT2D eigenvalue weighted by Gasteiger charge is -2.24. The molecule has 16 heavy (non-hydrogen) atoms. The molecule has 1 rings (SSSR count). The molecular weight excluding hydrogens is 202 g/mol. The first-order chi connectivity index (χ1) is 7.65. The highest BCUT2D eigenvalue weighted by Crippen LogP contribution is 2.27. The minimum absolute atomic E-state index is 0.348. The standard InChI is InChI=1S/C13H25NO2/c1-3-4-9-12(13(15)16)14-10(2)11-7-5-6-8-11/h10-12,14H,3-9H2,1-2H3,(H,15,16). The van der Waals surface area contributed by atoms with E-state index in [-0.39, 0.29) is 6.04 Å². The predicted octanol–water partition coefficient (Wildman–Crippen LogP) is 2.80. The average molecular weight is 227 g/mol. The zero-order valence-electron chi connectivity index (χ0n) is 10.5. The van der Waals surface area contributed by atoms with Crippen molar-refractivity contribution < 1.29 is 9.90 Å². The third-order valence-electron chi connectivity index (χ3n) is 3.72. The first kappa shape index (κ1) is 13.5. The molecule has 2 unspecified atom stereocenters. The molecular formula is C13H25NO2. The van der Waals surface area contributed by atoms with Crippen molar-refractivity contribution >= 4 is 5.97 Å². The van der Waals surface area contributed by atoms with E-state index in [1.165, 1.54) is 25.7 Å². The molecule has 1 saturated carbocycles. The molecule has 3 nitrogen and oxygen atoms in total. The molecule has 0 aliphatic heterocycles. The Labute approximate surface area is 98.6 Å². The van der Waals surface area contributed by atoms with Crippen LogP contribution in [0.1, 0.15) is 58.8 Å². The zero-order valence-corrected chi connectivity index (χ0v) is 10.5. The molecule has 94 valence electrons. The van der Waals surface area contributed by atoms with E-state index in [9.17, 15) is 4.79 Å². The van der Waals surface area contributed by atoms with Gasteiger partial charge in [-0.05, 0) is 32.1 Å². The second-order valence-corrected chi connectivity index (χ2v) is 5.03. The number of aliphatic carboxylic acids is 1. The summed E-state index contributed by atoms with van der Waals surface area (Å²) in [6.45, 7) is 4.23. The third kappa shape index (κ3) is 4.12. The van der Waals surface area contributed by atoms with Gasteiger partial charge in [-0.3, -0.25) is 4.79 Å². The molecule has 0 amide bonds. The van der Waals surface area contributed by atoms with E-state index in [0.29, 0.717) is 12.0 Å². The number of hydrogen-bond donors (Lipinski definition) is 2. The summed E-state index contributed by atoms with van der Waals surface area (Å²) in [6.07, 6.45) is 7.93. The molecule has 0 saturated heterocycles. The minimum atomic E-state index is -0.696. The summed E-state index contributed by atoms with van der Waals surface area (Å²) in [5, 5.41) is 12.4. The number of carbonyl (C=O) groups is 1. The highest BCUT2D eigenvalue weighted by atomic mass is 16.4. The number of carboxylic acids is 1. The maximum atomic E-state index is 11.1. The van der Waals surface area contributed by atoms with Gasteiger partial charge in [0, 0.05) is 6.04 Å². The van der Waals surface area contributed by atoms with Gasteiger partial charge >= 0.3 is 5.97 Å². The Bertz CT molecular complexity index is 212. The quantitative estimate of drug-likeness (QED) is 0.703. The van der Waals surface area contributed by atoms with Crippen molar-refractivity contribution in [3.63, 3.8) is 0 Å². The Kier molecular flexibility index (Phi) is 5.81. The fourth-order valence-corrected chi connectivity index (χ4v) is 2.60. The van der Waals surface area contributed by atoms with E-state index in [2.05, 4.69) is 19.2 Å². The van der Waals surface area contributed by atoms with Crippen LogP contribution in [0.2, 0.25) is 0 Å². The van der Waals surface area contributed by atoms with Gasteiger partial charge in [-0.15, -0.1) is 0 Å². The summed E-state index contributed by atoms with van der Waals surface area (Å²) < 4.78 is 0. The fraction of sp³-hybridized carbons (Fsp3) is 0.923. The van der Waals surface area contributed by atoms with Gasteiger partial charge in [0.15, 0.2) is 0 Å². The van der Waals surface area contributed by atoms with E-state index in [4.69, 9.17) is 5.11 Å². The Morgan fingerprint density at radius 3 is 2.56 bits per heavy atom. The van der Waals surface area contributed by atoms with Gasteiger partial charge in [0.25, 0.3) is 0 Å². The summed E-state index contributed by atoms with van der Waals surface area (Å²) >= 11 is 0. The summed E-state index contributed by atoms with van der Waals surface area (Å²) in [7, 11) is 0. The number of hydrogen-bond acceptors (Lipinski definition) is 2. The molecule has 0 spiro atoms. The summed E-state index contributed by atoms with van der Waals surface area (Å²) in [5.41, 5.74) is 0. The summed E-state index contributed by atoms with van der Waals surface area (Å²) in [4.78, 5) is 11.1. The predicted molar refractivity (Wildman–Crippen MR) is 65.5 cm³/mol. The van der Waals surface area contributed by atoms with Gasteiger partial charge in [-0.25, -0.2) is 0 Å². The maximum absolute atomic E-state index is 11.1. The van der Waals surface area contributed by atoms with E-state index < -0.39 is 5.97 Å². The second kappa shape index (κ2) is 6.89. The smallest absolute Gasteiger partial charge is 0.320 e. The minimum Gasteiger partial charge on any atom is -0.480 e. The lowest BCUT2D eigenvalue weighted by atomic mass is 9.98. The van der Waals surface area contributed by atoms with Crippen LogP contribution in [0.15, 0.2) is 0 Å². The molecule has 0 aromatic carbocycles. The largest absolute Gasteiger partial charge is 0.480 e. The molecule has 2 N–H and O–H groups in total. The lowest BCUT2D eigenvalue weighted by molar-refractivity contribution is -0.140. The first-order valence-electron chi connectivity index (χ1n) is 6.64. The summed E-state index contributed by atoms with van der Waals surface area (Å²) in [6, 6.07) is -0.00370. The Balaban J connectivity index is 2.37. The second-order valence-electron chi connectivity index (χ2n) is 5.03. The Morgan fingerprint density at radius 2 is 2.06 bits per heavy atom. The van der Waals surface area contributed by atoms with E-state index in [0.717, 1.165) is 19.3 Å². The van der Waals surface area contributed by atoms with Crippen LogP contribution >= 0.6 is 0 Å². The monoisotopic (exact) mass is 227 g/mol. The van der Waals surface area contributed by atoms with Crippen molar-refractivity contribution in [3.8, 4) is 0 Å². The Morgan fingerprint density at radius 1 is 1.44 bits per heavy atom. The van der Waals surface area contributed by atoms with Crippen LogP contribution in [0.25, 0.3) is 0 Å². The van der Waals surface area contributed by atoms with Gasteiger partial charge in [-0.2, -0.15) is 0 Å². The molecule has 0 heterocycles. The van der Waals surface area contributed by atoms with Gasteiger partial charge in [-0.1, -0.05) is 32.6 Å². The van der Waals surface area contributed by atoms with Gasteiger partial charge in [0.05, 0.1) is 0 Å². The molecule has 2 atom stereocenters. The van der Waals surface area contributed by atoms with Crippen molar-refractivity contribution in [3.05, 3.63) is 0 Å². The number of nitrogens with one attached hydrogen (secondary N) is 1. The third-order valence-corrected chi connectivity index (χ3v) is 3.72. The number of carboxylic acid groups (broad SMARTS) is 1. The van der Waals surface area contributed by atoms with Crippen molar-refractivity contribution in [1.29, 1.82) is 0 Å². The molecule has 0 aromatic rings. The van der Waals surface area contributed by atoms with Crippen LogP contribution in [-0.4, -0.2) is 23.2 Å². The maximum Gasteiger partial charge on any atom is 0.320 e. The first-order valence-corrected chi connectivity index (χ1v) is 6.64.